The molecule has 18 heavy (non-hydrogen) atoms. The van der Waals surface area contributed by atoms with Crippen molar-refractivity contribution in [3.63, 3.8) is 0 Å². The van der Waals surface area contributed by atoms with E-state index in [1.165, 1.54) is 13.2 Å². The lowest BCUT2D eigenvalue weighted by molar-refractivity contribution is 0.00413. The summed E-state index contributed by atoms with van der Waals surface area (Å²) in [6.07, 6.45) is -2.13. The third-order valence-electron chi connectivity index (χ3n) is 2.80. The quantitative estimate of drug-likeness (QED) is 0.668. The maximum absolute atomic E-state index is 11.5. The molecule has 0 saturated carbocycles. The second-order valence-corrected chi connectivity index (χ2v) is 4.09. The van der Waals surface area contributed by atoms with Crippen LogP contribution in [0.25, 0.3) is 0 Å². The zero-order valence-electron chi connectivity index (χ0n) is 10.5. The zero-order chi connectivity index (χ0) is 13.7. The summed E-state index contributed by atoms with van der Waals surface area (Å²) in [5, 5.41) is 28.2. The molecule has 0 amide bonds. The number of esters is 1. The molecule has 5 heteroatoms. The minimum atomic E-state index is -1.14. The van der Waals surface area contributed by atoms with Gasteiger partial charge in [0.25, 0.3) is 0 Å². The van der Waals surface area contributed by atoms with Gasteiger partial charge < -0.3 is 20.1 Å². The number of benzene rings is 1. The number of carbonyl (C=O) groups excluding carboxylic acids is 1. The van der Waals surface area contributed by atoms with Crippen LogP contribution in [0, 0.1) is 6.92 Å². The van der Waals surface area contributed by atoms with Gasteiger partial charge in [0.1, 0.15) is 6.10 Å². The Bertz CT molecular complexity index is 416. The fourth-order valence-electron chi connectivity index (χ4n) is 1.67. The number of rotatable bonds is 5. The molecule has 0 saturated heterocycles. The molecule has 0 spiro atoms. The van der Waals surface area contributed by atoms with Crippen molar-refractivity contribution >= 4 is 5.97 Å². The molecule has 2 unspecified atom stereocenters. The van der Waals surface area contributed by atoms with Crippen LogP contribution >= 0.6 is 0 Å². The monoisotopic (exact) mass is 254 g/mol. The predicted molar refractivity (Wildman–Crippen MR) is 65.2 cm³/mol. The Labute approximate surface area is 106 Å². The fourth-order valence-corrected chi connectivity index (χ4v) is 1.67. The Morgan fingerprint density at radius 1 is 1.39 bits per heavy atom. The lowest BCUT2D eigenvalue weighted by Crippen LogP contribution is -2.20. The summed E-state index contributed by atoms with van der Waals surface area (Å²) in [5.74, 6) is -0.488. The summed E-state index contributed by atoms with van der Waals surface area (Å²) in [5.41, 5.74) is 1.50. The van der Waals surface area contributed by atoms with E-state index in [4.69, 9.17) is 5.11 Å². The number of aliphatic hydroxyl groups excluding tert-OH is 3. The predicted octanol–water partition coefficient (Wildman–Crippen LogP) is 0.558. The van der Waals surface area contributed by atoms with E-state index in [-0.39, 0.29) is 13.0 Å². The molecule has 0 aliphatic heterocycles. The van der Waals surface area contributed by atoms with E-state index in [9.17, 15) is 15.0 Å². The van der Waals surface area contributed by atoms with Crippen LogP contribution in [-0.2, 0) is 4.74 Å². The largest absolute Gasteiger partial charge is 0.465 e. The van der Waals surface area contributed by atoms with E-state index in [1.807, 2.05) is 0 Å². The molecule has 100 valence electrons. The number of aryl methyl sites for hydroxylation is 1. The van der Waals surface area contributed by atoms with E-state index in [1.54, 1.807) is 19.1 Å². The first-order valence-corrected chi connectivity index (χ1v) is 5.67. The Hall–Kier alpha value is -1.43. The first kappa shape index (κ1) is 14.6. The van der Waals surface area contributed by atoms with Crippen molar-refractivity contribution < 1.29 is 24.9 Å². The lowest BCUT2D eigenvalue weighted by atomic mass is 9.98. The van der Waals surface area contributed by atoms with Crippen molar-refractivity contribution in [3.8, 4) is 0 Å². The van der Waals surface area contributed by atoms with Gasteiger partial charge in [-0.2, -0.15) is 0 Å². The third kappa shape index (κ3) is 3.29. The molecule has 0 aliphatic rings. The summed E-state index contributed by atoms with van der Waals surface area (Å²) in [6, 6.07) is 4.80. The SMILES string of the molecule is COC(=O)c1cc(C(O)C(O)CCO)ccc1C. The van der Waals surface area contributed by atoms with Crippen LogP contribution < -0.4 is 0 Å². The number of aliphatic hydroxyl groups is 3. The van der Waals surface area contributed by atoms with E-state index >= 15 is 0 Å². The Balaban J connectivity index is 3.00. The molecular weight excluding hydrogens is 236 g/mol. The van der Waals surface area contributed by atoms with Gasteiger partial charge in [0.2, 0.25) is 0 Å². The van der Waals surface area contributed by atoms with Crippen molar-refractivity contribution in [2.24, 2.45) is 0 Å². The molecule has 0 fully saturated rings. The van der Waals surface area contributed by atoms with Crippen LogP contribution in [0.5, 0.6) is 0 Å². The normalized spacial score (nSPS) is 14.1. The standard InChI is InChI=1S/C13H18O5/c1-8-3-4-9(7-10(8)13(17)18-2)12(16)11(15)5-6-14/h3-4,7,11-12,14-16H,5-6H2,1-2H3. The van der Waals surface area contributed by atoms with Gasteiger partial charge in [-0.15, -0.1) is 0 Å². The fraction of sp³-hybridized carbons (Fsp3) is 0.462. The van der Waals surface area contributed by atoms with Crippen molar-refractivity contribution in [1.82, 2.24) is 0 Å². The van der Waals surface area contributed by atoms with Crippen LogP contribution in [-0.4, -0.2) is 41.1 Å². The molecule has 2 atom stereocenters. The molecule has 0 radical (unpaired) electrons. The highest BCUT2D eigenvalue weighted by Crippen LogP contribution is 2.22. The molecule has 1 rings (SSSR count). The second-order valence-electron chi connectivity index (χ2n) is 4.09. The van der Waals surface area contributed by atoms with Gasteiger partial charge in [0.15, 0.2) is 0 Å². The minimum absolute atomic E-state index is 0.0720. The van der Waals surface area contributed by atoms with Gasteiger partial charge in [-0.05, 0) is 30.5 Å². The lowest BCUT2D eigenvalue weighted by Gasteiger charge is -2.18. The maximum Gasteiger partial charge on any atom is 0.338 e. The molecule has 5 nitrogen and oxygen atoms in total. The van der Waals surface area contributed by atoms with Gasteiger partial charge >= 0.3 is 5.97 Å². The van der Waals surface area contributed by atoms with Gasteiger partial charge in [-0.25, -0.2) is 4.79 Å². The average Bonchev–Trinajstić information content (AvgIpc) is 2.38. The van der Waals surface area contributed by atoms with Crippen molar-refractivity contribution in [3.05, 3.63) is 34.9 Å². The van der Waals surface area contributed by atoms with Gasteiger partial charge in [-0.3, -0.25) is 0 Å². The van der Waals surface area contributed by atoms with E-state index < -0.39 is 18.2 Å². The maximum atomic E-state index is 11.5. The number of hydrogen-bond donors (Lipinski definition) is 3. The molecule has 0 aliphatic carbocycles. The smallest absolute Gasteiger partial charge is 0.338 e. The molecule has 1 aromatic rings. The molecule has 0 aromatic heterocycles. The highest BCUT2D eigenvalue weighted by Gasteiger charge is 2.20. The van der Waals surface area contributed by atoms with Gasteiger partial charge in [0, 0.05) is 6.61 Å². The van der Waals surface area contributed by atoms with E-state index in [0.29, 0.717) is 11.1 Å². The molecular formula is C13H18O5. The van der Waals surface area contributed by atoms with Crippen molar-refractivity contribution in [2.75, 3.05) is 13.7 Å². The van der Waals surface area contributed by atoms with Crippen molar-refractivity contribution in [1.29, 1.82) is 0 Å². The van der Waals surface area contributed by atoms with Crippen molar-refractivity contribution in [2.45, 2.75) is 25.6 Å². The number of hydrogen-bond acceptors (Lipinski definition) is 5. The summed E-state index contributed by atoms with van der Waals surface area (Å²) in [7, 11) is 1.28. The topological polar surface area (TPSA) is 87.0 Å². The first-order chi connectivity index (χ1) is 8.51. The molecule has 1 aromatic carbocycles. The minimum Gasteiger partial charge on any atom is -0.465 e. The van der Waals surface area contributed by atoms with Crippen LogP contribution in [0.15, 0.2) is 18.2 Å². The molecule has 0 bridgehead atoms. The van der Waals surface area contributed by atoms with Crippen LogP contribution in [0.2, 0.25) is 0 Å². The number of ether oxygens (including phenoxy) is 1. The summed E-state index contributed by atoms with van der Waals surface area (Å²) in [6.45, 7) is 1.54. The first-order valence-electron chi connectivity index (χ1n) is 5.67. The van der Waals surface area contributed by atoms with Crippen LogP contribution in [0.3, 0.4) is 0 Å². The highest BCUT2D eigenvalue weighted by molar-refractivity contribution is 5.91. The highest BCUT2D eigenvalue weighted by atomic mass is 16.5. The second kappa shape index (κ2) is 6.49. The Kier molecular flexibility index (Phi) is 5.27. The third-order valence-corrected chi connectivity index (χ3v) is 2.80. The molecule has 3 N–H and O–H groups in total. The van der Waals surface area contributed by atoms with Crippen LogP contribution in [0.4, 0.5) is 0 Å². The zero-order valence-corrected chi connectivity index (χ0v) is 10.5. The summed E-state index contributed by atoms with van der Waals surface area (Å²) < 4.78 is 4.64. The number of methoxy groups -OCH3 is 1. The summed E-state index contributed by atoms with van der Waals surface area (Å²) in [4.78, 5) is 11.5. The van der Waals surface area contributed by atoms with Crippen LogP contribution in [0.1, 0.15) is 34.0 Å². The number of carbonyl (C=O) groups is 1. The molecule has 0 heterocycles. The van der Waals surface area contributed by atoms with Gasteiger partial charge in [-0.1, -0.05) is 12.1 Å². The average molecular weight is 254 g/mol. The van der Waals surface area contributed by atoms with E-state index in [0.717, 1.165) is 5.56 Å². The summed E-state index contributed by atoms with van der Waals surface area (Å²) >= 11 is 0. The Morgan fingerprint density at radius 2 is 2.06 bits per heavy atom. The van der Waals surface area contributed by atoms with Gasteiger partial charge in [0.05, 0.1) is 18.8 Å². The van der Waals surface area contributed by atoms with E-state index in [2.05, 4.69) is 4.74 Å². The Morgan fingerprint density at radius 3 is 2.61 bits per heavy atom.